The zero-order valence-electron chi connectivity index (χ0n) is 16.8. The van der Waals surface area contributed by atoms with Gasteiger partial charge in [-0.1, -0.05) is 54.6 Å². The number of benzene rings is 4. The Morgan fingerprint density at radius 1 is 0.613 bits per heavy atom. The van der Waals surface area contributed by atoms with Crippen molar-refractivity contribution in [3.05, 3.63) is 72.8 Å². The van der Waals surface area contributed by atoms with Crippen molar-refractivity contribution in [1.29, 1.82) is 0 Å². The summed E-state index contributed by atoms with van der Waals surface area (Å²) in [6, 6.07) is 21.4. The number of carbonyl (C=O) groups excluding carboxylic acids is 2. The third kappa shape index (κ3) is 3.93. The standard InChI is InChI=1S/C24H18O7/c1-27-23(25)30-21-16-11-6-7-12-17(16)22(31-24(26)28-2)20-18(21)13-8-14-19(20)29-15-9-4-3-5-10-15/h3-14H,1-2H3. The molecule has 0 saturated carbocycles. The van der Waals surface area contributed by atoms with Crippen LogP contribution >= 0.6 is 0 Å². The lowest BCUT2D eigenvalue weighted by molar-refractivity contribution is 0.120. The third-order valence-corrected chi connectivity index (χ3v) is 4.59. The summed E-state index contributed by atoms with van der Waals surface area (Å²) in [6.45, 7) is 0. The summed E-state index contributed by atoms with van der Waals surface area (Å²) in [5.41, 5.74) is 0. The Kier molecular flexibility index (Phi) is 5.57. The highest BCUT2D eigenvalue weighted by Gasteiger charge is 2.23. The number of carbonyl (C=O) groups is 2. The Morgan fingerprint density at radius 3 is 1.81 bits per heavy atom. The molecule has 0 bridgehead atoms. The molecule has 4 aromatic rings. The second-order valence-corrected chi connectivity index (χ2v) is 6.41. The topological polar surface area (TPSA) is 80.3 Å². The molecular weight excluding hydrogens is 400 g/mol. The summed E-state index contributed by atoms with van der Waals surface area (Å²) in [4.78, 5) is 24.0. The van der Waals surface area contributed by atoms with Gasteiger partial charge in [0.15, 0.2) is 11.5 Å². The zero-order chi connectivity index (χ0) is 21.8. The van der Waals surface area contributed by atoms with E-state index in [2.05, 4.69) is 0 Å². The second-order valence-electron chi connectivity index (χ2n) is 6.41. The Labute approximate surface area is 177 Å². The highest BCUT2D eigenvalue weighted by Crippen LogP contribution is 2.47. The summed E-state index contributed by atoms with van der Waals surface area (Å²) in [5, 5.41) is 2.02. The van der Waals surface area contributed by atoms with Gasteiger partial charge in [-0.25, -0.2) is 9.59 Å². The fraction of sp³-hybridized carbons (Fsp3) is 0.0833. The van der Waals surface area contributed by atoms with Crippen LogP contribution in [0.4, 0.5) is 9.59 Å². The third-order valence-electron chi connectivity index (χ3n) is 4.59. The molecule has 0 unspecified atom stereocenters. The Balaban J connectivity index is 2.06. The monoisotopic (exact) mass is 418 g/mol. The Morgan fingerprint density at radius 2 is 1.16 bits per heavy atom. The van der Waals surface area contributed by atoms with Crippen LogP contribution in [-0.4, -0.2) is 26.5 Å². The fourth-order valence-electron chi connectivity index (χ4n) is 3.28. The smallest absolute Gasteiger partial charge is 0.457 e. The van der Waals surface area contributed by atoms with Crippen LogP contribution in [0.2, 0.25) is 0 Å². The van der Waals surface area contributed by atoms with E-state index in [1.807, 2.05) is 18.2 Å². The van der Waals surface area contributed by atoms with Crippen LogP contribution in [0, 0.1) is 0 Å². The quantitative estimate of drug-likeness (QED) is 0.226. The molecule has 7 heteroatoms. The maximum absolute atomic E-state index is 12.1. The van der Waals surface area contributed by atoms with Crippen molar-refractivity contribution < 1.29 is 33.3 Å². The summed E-state index contributed by atoms with van der Waals surface area (Å²) < 4.78 is 26.5. The van der Waals surface area contributed by atoms with Crippen molar-refractivity contribution in [2.75, 3.05) is 14.2 Å². The summed E-state index contributed by atoms with van der Waals surface area (Å²) in [5.74, 6) is 1.47. The zero-order valence-corrected chi connectivity index (χ0v) is 16.8. The van der Waals surface area contributed by atoms with E-state index >= 15 is 0 Å². The number of fused-ring (bicyclic) bond motifs is 2. The lowest BCUT2D eigenvalue weighted by Crippen LogP contribution is -2.10. The Bertz CT molecular complexity index is 1270. The molecule has 0 N–H and O–H groups in total. The van der Waals surface area contributed by atoms with Crippen LogP contribution in [0.5, 0.6) is 23.0 Å². The molecule has 0 spiro atoms. The average molecular weight is 418 g/mol. The van der Waals surface area contributed by atoms with Gasteiger partial charge in [0.05, 0.1) is 19.6 Å². The molecule has 0 heterocycles. The van der Waals surface area contributed by atoms with E-state index in [4.69, 9.17) is 23.7 Å². The van der Waals surface area contributed by atoms with Gasteiger partial charge < -0.3 is 23.7 Å². The first-order valence-electron chi connectivity index (χ1n) is 9.34. The molecule has 156 valence electrons. The molecule has 0 saturated heterocycles. The van der Waals surface area contributed by atoms with Crippen LogP contribution in [0.3, 0.4) is 0 Å². The van der Waals surface area contributed by atoms with Gasteiger partial charge >= 0.3 is 12.3 Å². The number of para-hydroxylation sites is 1. The summed E-state index contributed by atoms with van der Waals surface area (Å²) in [7, 11) is 2.45. The highest BCUT2D eigenvalue weighted by atomic mass is 16.7. The van der Waals surface area contributed by atoms with Crippen molar-refractivity contribution in [3.63, 3.8) is 0 Å². The van der Waals surface area contributed by atoms with Crippen molar-refractivity contribution in [1.82, 2.24) is 0 Å². The SMILES string of the molecule is COC(=O)Oc1c2ccccc2c(OC(=O)OC)c2c(Oc3ccccc3)cccc12. The number of hydrogen-bond donors (Lipinski definition) is 0. The number of rotatable bonds is 4. The predicted octanol–water partition coefficient (Wildman–Crippen LogP) is 6.08. The number of methoxy groups -OCH3 is 2. The molecule has 4 aromatic carbocycles. The number of ether oxygens (including phenoxy) is 5. The normalized spacial score (nSPS) is 10.5. The van der Waals surface area contributed by atoms with Gasteiger partial charge in [0.2, 0.25) is 0 Å². The molecule has 7 nitrogen and oxygen atoms in total. The fourth-order valence-corrected chi connectivity index (χ4v) is 3.28. The van der Waals surface area contributed by atoms with E-state index in [0.717, 1.165) is 0 Å². The average Bonchev–Trinajstić information content (AvgIpc) is 2.81. The van der Waals surface area contributed by atoms with Crippen LogP contribution in [-0.2, 0) is 9.47 Å². The molecular formula is C24H18O7. The minimum absolute atomic E-state index is 0.223. The van der Waals surface area contributed by atoms with Crippen LogP contribution in [0.15, 0.2) is 72.8 Å². The first-order valence-corrected chi connectivity index (χ1v) is 9.34. The summed E-state index contributed by atoms with van der Waals surface area (Å²) in [6.07, 6.45) is -1.76. The van der Waals surface area contributed by atoms with E-state index in [0.29, 0.717) is 33.0 Å². The van der Waals surface area contributed by atoms with Gasteiger partial charge in [-0.05, 0) is 18.2 Å². The van der Waals surface area contributed by atoms with Gasteiger partial charge in [0.1, 0.15) is 11.5 Å². The summed E-state index contributed by atoms with van der Waals surface area (Å²) >= 11 is 0. The predicted molar refractivity (Wildman–Crippen MR) is 114 cm³/mol. The van der Waals surface area contributed by atoms with Gasteiger partial charge in [-0.2, -0.15) is 0 Å². The van der Waals surface area contributed by atoms with E-state index in [1.54, 1.807) is 54.6 Å². The molecule has 0 amide bonds. The van der Waals surface area contributed by atoms with Crippen LogP contribution < -0.4 is 14.2 Å². The van der Waals surface area contributed by atoms with Crippen molar-refractivity contribution in [3.8, 4) is 23.0 Å². The molecule has 0 atom stereocenters. The molecule has 0 aliphatic rings. The van der Waals surface area contributed by atoms with E-state index < -0.39 is 12.3 Å². The maximum Gasteiger partial charge on any atom is 0.513 e. The Hall–Kier alpha value is -4.26. The van der Waals surface area contributed by atoms with Gasteiger partial charge in [0, 0.05) is 16.2 Å². The lowest BCUT2D eigenvalue weighted by Gasteiger charge is -2.18. The molecule has 0 aliphatic heterocycles. The van der Waals surface area contributed by atoms with E-state index in [1.165, 1.54) is 14.2 Å². The molecule has 0 radical (unpaired) electrons. The first kappa shape index (κ1) is 20.0. The molecule has 4 rings (SSSR count). The first-order chi connectivity index (χ1) is 15.1. The van der Waals surface area contributed by atoms with Crippen LogP contribution in [0.25, 0.3) is 21.5 Å². The molecule has 0 fully saturated rings. The van der Waals surface area contributed by atoms with Gasteiger partial charge in [-0.15, -0.1) is 0 Å². The van der Waals surface area contributed by atoms with Crippen molar-refractivity contribution in [2.45, 2.75) is 0 Å². The number of hydrogen-bond acceptors (Lipinski definition) is 7. The molecule has 31 heavy (non-hydrogen) atoms. The molecule has 0 aromatic heterocycles. The van der Waals surface area contributed by atoms with Gasteiger partial charge in [-0.3, -0.25) is 0 Å². The van der Waals surface area contributed by atoms with Crippen molar-refractivity contribution >= 4 is 33.9 Å². The lowest BCUT2D eigenvalue weighted by atomic mass is 10.00. The minimum Gasteiger partial charge on any atom is -0.457 e. The molecule has 0 aliphatic carbocycles. The maximum atomic E-state index is 12.1. The van der Waals surface area contributed by atoms with E-state index in [-0.39, 0.29) is 11.5 Å². The van der Waals surface area contributed by atoms with Crippen molar-refractivity contribution in [2.24, 2.45) is 0 Å². The van der Waals surface area contributed by atoms with Crippen LogP contribution in [0.1, 0.15) is 0 Å². The second kappa shape index (κ2) is 8.62. The van der Waals surface area contributed by atoms with Gasteiger partial charge in [0.25, 0.3) is 0 Å². The minimum atomic E-state index is -0.886. The largest absolute Gasteiger partial charge is 0.513 e. The van der Waals surface area contributed by atoms with E-state index in [9.17, 15) is 9.59 Å². The highest BCUT2D eigenvalue weighted by molar-refractivity contribution is 6.14.